The van der Waals surface area contributed by atoms with Gasteiger partial charge in [-0.3, -0.25) is 24.2 Å². The summed E-state index contributed by atoms with van der Waals surface area (Å²) in [4.78, 5) is 66.5. The number of nitrogens with one attached hydrogen (secondary N) is 1. The lowest BCUT2D eigenvalue weighted by molar-refractivity contribution is -0.687. The van der Waals surface area contributed by atoms with Gasteiger partial charge in [0.15, 0.2) is 35.6 Å². The first kappa shape index (κ1) is 38.6. The monoisotopic (exact) mass is 801 g/mol. The number of nitrogens with two attached hydrogens (primary N) is 2. The van der Waals surface area contributed by atoms with E-state index in [0.29, 0.717) is 23.7 Å². The van der Waals surface area contributed by atoms with Crippen molar-refractivity contribution in [1.29, 1.82) is 0 Å². The van der Waals surface area contributed by atoms with Crippen LogP contribution in [-0.4, -0.2) is 101 Å². The number of aromatic nitrogens is 4. The van der Waals surface area contributed by atoms with Crippen molar-refractivity contribution in [1.82, 2.24) is 25.0 Å². The van der Waals surface area contributed by atoms with E-state index in [1.165, 1.54) is 35.9 Å². The Labute approximate surface area is 329 Å². The molecule has 0 aliphatic carbocycles. The molecule has 0 bridgehead atoms. The fourth-order valence-electron chi connectivity index (χ4n) is 6.76. The van der Waals surface area contributed by atoms with Gasteiger partial charge in [0.1, 0.15) is 17.2 Å². The Bertz CT molecular complexity index is 2290. The van der Waals surface area contributed by atoms with Crippen LogP contribution in [0.4, 0.5) is 5.13 Å². The number of carboxylic acid groups (broad SMARTS) is 2. The number of benzene rings is 1. The fraction of sp³-hybridized carbons (Fsp3) is 0.378. The van der Waals surface area contributed by atoms with E-state index < -0.39 is 40.5 Å². The van der Waals surface area contributed by atoms with Gasteiger partial charge in [0, 0.05) is 41.3 Å². The van der Waals surface area contributed by atoms with Crippen LogP contribution >= 0.6 is 23.1 Å². The molecule has 19 heteroatoms. The number of hydrogen-bond donors (Lipinski definition) is 5. The molecule has 17 nitrogen and oxygen atoms in total. The first-order valence-corrected chi connectivity index (χ1v) is 19.8. The normalized spacial score (nSPS) is 20.5. The maximum Gasteiger partial charge on any atom is 0.352 e. The van der Waals surface area contributed by atoms with Crippen LogP contribution in [0.5, 0.6) is 0 Å². The lowest BCUT2D eigenvalue weighted by Gasteiger charge is -2.49. The molecule has 4 aromatic rings. The number of nitrogen functional groups attached to an aromatic ring is 1. The number of amides is 1. The van der Waals surface area contributed by atoms with Crippen molar-refractivity contribution < 1.29 is 38.8 Å². The summed E-state index contributed by atoms with van der Waals surface area (Å²) in [6, 6.07) is 10.1. The van der Waals surface area contributed by atoms with Gasteiger partial charge >= 0.3 is 11.9 Å². The number of thioether (sulfide) groups is 1. The number of carbonyl (C=O) groups excluding carboxylic acids is 2. The topological polar surface area (TPSA) is 245 Å². The number of pyridine rings is 1. The van der Waals surface area contributed by atoms with E-state index in [4.69, 9.17) is 21.3 Å². The first-order chi connectivity index (χ1) is 26.8. The van der Waals surface area contributed by atoms with Gasteiger partial charge < -0.3 is 31.8 Å². The number of carboxylic acids is 2. The van der Waals surface area contributed by atoms with Gasteiger partial charge in [0.05, 0.1) is 41.0 Å². The summed E-state index contributed by atoms with van der Waals surface area (Å²) in [7, 11) is 0. The predicted octanol–water partition coefficient (Wildman–Crippen LogP) is 1.98. The summed E-state index contributed by atoms with van der Waals surface area (Å²) >= 11 is 2.42. The molecule has 0 spiro atoms. The van der Waals surface area contributed by atoms with Crippen LogP contribution in [0.2, 0.25) is 0 Å². The summed E-state index contributed by atoms with van der Waals surface area (Å²) in [5.41, 5.74) is 13.4. The molecule has 6 heterocycles. The summed E-state index contributed by atoms with van der Waals surface area (Å²) in [5, 5.41) is 33.4. The van der Waals surface area contributed by atoms with Crippen molar-refractivity contribution in [2.45, 2.75) is 63.2 Å². The third-order valence-corrected chi connectivity index (χ3v) is 11.9. The number of nitrogens with zero attached hydrogens (tertiary/aromatic N) is 7. The number of hydrogen-bond acceptors (Lipinski definition) is 13. The zero-order valence-electron chi connectivity index (χ0n) is 30.6. The summed E-state index contributed by atoms with van der Waals surface area (Å²) in [6.07, 6.45) is 7.29. The maximum absolute atomic E-state index is 13.5. The molecule has 3 aliphatic rings. The lowest BCUT2D eigenvalue weighted by Crippen LogP contribution is -2.62. The largest absolute Gasteiger partial charge is 0.478 e. The van der Waals surface area contributed by atoms with Crippen molar-refractivity contribution >= 4 is 74.3 Å². The molecular weight excluding hydrogens is 761 g/mol. The molecule has 0 saturated carbocycles. The number of Topliss-reactive ketones (excluding diaryl/α,β-unsaturated/α-hetero) is 1. The summed E-state index contributed by atoms with van der Waals surface area (Å²) in [6.45, 7) is 5.15. The Kier molecular flexibility index (Phi) is 10.9. The number of fused-ring (bicyclic) bond motifs is 2. The van der Waals surface area contributed by atoms with Crippen molar-refractivity contribution in [2.24, 2.45) is 21.8 Å². The number of thiazole rings is 1. The van der Waals surface area contributed by atoms with Crippen molar-refractivity contribution in [3.05, 3.63) is 82.4 Å². The van der Waals surface area contributed by atoms with Gasteiger partial charge in [-0.25, -0.2) is 19.1 Å². The van der Waals surface area contributed by atoms with Gasteiger partial charge in [-0.1, -0.05) is 29.4 Å². The van der Waals surface area contributed by atoms with Crippen LogP contribution < -0.4 is 21.4 Å². The van der Waals surface area contributed by atoms with Gasteiger partial charge in [0.2, 0.25) is 11.5 Å². The summed E-state index contributed by atoms with van der Waals surface area (Å²) < 4.78 is 3.75. The van der Waals surface area contributed by atoms with Gasteiger partial charge in [0.25, 0.3) is 0 Å². The molecule has 3 atom stereocenters. The van der Waals surface area contributed by atoms with Crippen LogP contribution in [0.15, 0.2) is 75.7 Å². The standard InChI is InChI=1S/C37H40N10O7S2/c1-37(2,35(52)53)54-44-29(26-19-56-36(39)43-26)28(48)12-25-32(49)47-30(34(50)51)23(18-55-33(25)47)17-45-11-9-27-22(16-45)13-41-46(27)15-20-5-7-21(8-6-20)31(38)42-24-4-3-10-40-14-24/h5-9,11,13,16,19,24-25,33,40H,3-4,10,12,14-15,17-18H2,1-2H3,(H5-,38,39,42,43,50,51,52,53)/p+1/b44-29-/t24?,25-,33-/m1/s1. The molecule has 292 valence electrons. The van der Waals surface area contributed by atoms with E-state index in [2.05, 4.69) is 20.6 Å². The molecule has 7 N–H and O–H groups in total. The molecular formula is C37H41N10O7S2+. The number of oxime groups is 1. The highest BCUT2D eigenvalue weighted by Gasteiger charge is 2.54. The smallest absolute Gasteiger partial charge is 0.352 e. The Hall–Kier alpha value is -5.66. The minimum atomic E-state index is -1.75. The van der Waals surface area contributed by atoms with Crippen LogP contribution in [0.25, 0.3) is 10.9 Å². The SMILES string of the molecule is CC(C)(O/N=C(\C(=O)C[C@@H]1C(=O)N2C(C(=O)O)=C(C[n+]3ccc4c(cnn4Cc4ccc(C(N)=NC5CCCNC5)cc4)c3)CS[C@H]12)c1csc(N)n1)C(=O)O. The number of amidine groups is 1. The quantitative estimate of drug-likeness (QED) is 0.0403. The highest BCUT2D eigenvalue weighted by atomic mass is 32.2. The zero-order valence-corrected chi connectivity index (χ0v) is 32.3. The van der Waals surface area contributed by atoms with E-state index >= 15 is 0 Å². The first-order valence-electron chi connectivity index (χ1n) is 17.9. The highest BCUT2D eigenvalue weighted by molar-refractivity contribution is 8.00. The van der Waals surface area contributed by atoms with E-state index in [1.807, 2.05) is 52.0 Å². The molecule has 2 fully saturated rings. The van der Waals surface area contributed by atoms with Crippen LogP contribution in [0.3, 0.4) is 0 Å². The molecule has 3 aromatic heterocycles. The Morgan fingerprint density at radius 2 is 1.96 bits per heavy atom. The number of aliphatic imine (C=N–C) groups is 1. The third-order valence-electron chi connectivity index (χ3n) is 9.86. The summed E-state index contributed by atoms with van der Waals surface area (Å²) in [5.74, 6) is -3.67. The van der Waals surface area contributed by atoms with Gasteiger partial charge in [-0.2, -0.15) is 5.10 Å². The molecule has 1 unspecified atom stereocenters. The molecule has 1 amide bonds. The number of carbonyl (C=O) groups is 4. The molecule has 3 aliphatic heterocycles. The Balaban J connectivity index is 1.03. The second-order valence-corrected chi connectivity index (χ2v) is 16.3. The Morgan fingerprint density at radius 3 is 2.64 bits per heavy atom. The van der Waals surface area contributed by atoms with Crippen molar-refractivity contribution in [3.8, 4) is 0 Å². The van der Waals surface area contributed by atoms with Crippen molar-refractivity contribution in [3.63, 3.8) is 0 Å². The minimum Gasteiger partial charge on any atom is -0.478 e. The number of ketones is 1. The molecule has 7 rings (SSSR count). The van der Waals surface area contributed by atoms with Crippen LogP contribution in [-0.2, 0) is 37.1 Å². The highest BCUT2D eigenvalue weighted by Crippen LogP contribution is 2.45. The molecule has 56 heavy (non-hydrogen) atoms. The van der Waals surface area contributed by atoms with Gasteiger partial charge in [-0.05, 0) is 38.8 Å². The minimum absolute atomic E-state index is 0.0831. The average Bonchev–Trinajstić information content (AvgIpc) is 3.79. The number of β-lactam (4-membered cyclic amide) rings is 1. The maximum atomic E-state index is 13.5. The lowest BCUT2D eigenvalue weighted by atomic mass is 9.89. The third kappa shape index (κ3) is 8.00. The van der Waals surface area contributed by atoms with Crippen LogP contribution in [0.1, 0.15) is 49.9 Å². The zero-order chi connectivity index (χ0) is 39.7. The number of aliphatic carboxylic acids is 2. The number of piperidine rings is 1. The average molecular weight is 802 g/mol. The van der Waals surface area contributed by atoms with E-state index in [9.17, 15) is 29.4 Å². The molecule has 2 saturated heterocycles. The Morgan fingerprint density at radius 1 is 1.18 bits per heavy atom. The van der Waals surface area contributed by atoms with Gasteiger partial charge in [-0.15, -0.1) is 23.1 Å². The van der Waals surface area contributed by atoms with E-state index in [-0.39, 0.29) is 41.2 Å². The van der Waals surface area contributed by atoms with E-state index in [1.54, 1.807) is 6.20 Å². The molecule has 0 radical (unpaired) electrons. The second-order valence-electron chi connectivity index (χ2n) is 14.3. The number of anilines is 1. The van der Waals surface area contributed by atoms with E-state index in [0.717, 1.165) is 59.3 Å². The predicted molar refractivity (Wildman–Crippen MR) is 209 cm³/mol. The molecule has 1 aromatic carbocycles. The fourth-order valence-corrected chi connectivity index (χ4v) is 8.72. The second kappa shape index (κ2) is 15.8. The van der Waals surface area contributed by atoms with Crippen LogP contribution in [0, 0.1) is 5.92 Å². The van der Waals surface area contributed by atoms with Crippen molar-refractivity contribution in [2.75, 3.05) is 24.6 Å². The number of rotatable bonds is 14.